The zero-order valence-corrected chi connectivity index (χ0v) is 21.1. The van der Waals surface area contributed by atoms with E-state index in [1.165, 1.54) is 36.5 Å². The van der Waals surface area contributed by atoms with Crippen molar-refractivity contribution >= 4 is 34.9 Å². The Bertz CT molecular complexity index is 1560. The number of hydrogen-bond donors (Lipinski definition) is 5. The lowest BCUT2D eigenvalue weighted by Crippen LogP contribution is -2.48. The number of nitrogens with one attached hydrogen (secondary N) is 4. The number of aromatic nitrogens is 2. The predicted octanol–water partition coefficient (Wildman–Crippen LogP) is 5.59. The number of halogens is 3. The van der Waals surface area contributed by atoms with Crippen molar-refractivity contribution in [1.82, 2.24) is 14.9 Å². The third kappa shape index (κ3) is 6.09. The van der Waals surface area contributed by atoms with Gasteiger partial charge in [-0.1, -0.05) is 0 Å². The van der Waals surface area contributed by atoms with Crippen LogP contribution in [0, 0.1) is 0 Å². The van der Waals surface area contributed by atoms with E-state index in [1.54, 1.807) is 42.5 Å². The molecule has 0 saturated carbocycles. The first-order valence-electron chi connectivity index (χ1n) is 11.9. The van der Waals surface area contributed by atoms with Crippen molar-refractivity contribution < 1.29 is 37.4 Å². The number of hydrogen-bond acceptors (Lipinski definition) is 8. The number of nitrogens with zero attached hydrogens (tertiary/aromatic N) is 3. The zero-order valence-electron chi connectivity index (χ0n) is 21.1. The Morgan fingerprint density at radius 2 is 1.76 bits per heavy atom. The van der Waals surface area contributed by atoms with Crippen LogP contribution in [0.5, 0.6) is 11.5 Å². The predicted molar refractivity (Wildman–Crippen MR) is 141 cm³/mol. The van der Waals surface area contributed by atoms with Gasteiger partial charge in [-0.15, -0.1) is 0 Å². The second kappa shape index (κ2) is 11.0. The quantitative estimate of drug-likeness (QED) is 0.202. The average Bonchev–Trinajstić information content (AvgIpc) is 3.58. The molecule has 212 valence electrons. The third-order valence-corrected chi connectivity index (χ3v) is 5.90. The fourth-order valence-corrected chi connectivity index (χ4v) is 3.97. The number of imidazole rings is 1. The maximum Gasteiger partial charge on any atom is 0.416 e. The molecule has 3 aromatic carbocycles. The molecule has 0 saturated heterocycles. The van der Waals surface area contributed by atoms with Crippen LogP contribution in [0.1, 0.15) is 5.56 Å². The Labute approximate surface area is 230 Å². The van der Waals surface area contributed by atoms with Gasteiger partial charge in [0.2, 0.25) is 6.29 Å². The minimum atomic E-state index is -4.59. The maximum atomic E-state index is 13.3. The van der Waals surface area contributed by atoms with Gasteiger partial charge in [0.25, 0.3) is 0 Å². The monoisotopic (exact) mass is 569 g/mol. The van der Waals surface area contributed by atoms with E-state index in [-0.39, 0.29) is 5.69 Å². The summed E-state index contributed by atoms with van der Waals surface area (Å²) in [5, 5.41) is 21.5. The summed E-state index contributed by atoms with van der Waals surface area (Å²) in [6, 6.07) is 13.3. The molecule has 0 fully saturated rings. The standard InChI is InChI=1S/C26H22F3N7O5/c1-40-25(38)34-23-32-19-8-7-18(13-22(19)36(23)39)41-17-5-3-16(4-6-17)31-24(37)33-20-12-15(26(27,28)29)2-9-21(20)35-11-10-30-14-35/h2-14,23,32,39H,1H3,(H,34,38)(H2,31,33,37). The van der Waals surface area contributed by atoms with Crippen LogP contribution in [-0.2, 0) is 10.9 Å². The molecular formula is C26H22F3N7O5. The van der Waals surface area contributed by atoms with E-state index in [9.17, 15) is 28.0 Å². The van der Waals surface area contributed by atoms with Crippen LogP contribution in [0.25, 0.3) is 5.69 Å². The highest BCUT2D eigenvalue weighted by atomic mass is 19.4. The highest BCUT2D eigenvalue weighted by molar-refractivity contribution is 6.01. The molecule has 12 nitrogen and oxygen atoms in total. The lowest BCUT2D eigenvalue weighted by Gasteiger charge is -2.20. The number of benzene rings is 3. The summed E-state index contributed by atoms with van der Waals surface area (Å²) in [5.74, 6) is 0.772. The number of hydroxylamine groups is 1. The number of ether oxygens (including phenoxy) is 2. The van der Waals surface area contributed by atoms with Gasteiger partial charge in [-0.05, 0) is 54.6 Å². The van der Waals surface area contributed by atoms with Crippen LogP contribution in [0.4, 0.5) is 45.5 Å². The minimum Gasteiger partial charge on any atom is -0.457 e. The van der Waals surface area contributed by atoms with Gasteiger partial charge in [-0.2, -0.15) is 13.2 Å². The van der Waals surface area contributed by atoms with Crippen LogP contribution < -0.4 is 31.1 Å². The van der Waals surface area contributed by atoms with Crippen LogP contribution in [-0.4, -0.2) is 40.3 Å². The number of fused-ring (bicyclic) bond motifs is 1. The first kappa shape index (κ1) is 27.1. The molecule has 3 amide bonds. The second-order valence-electron chi connectivity index (χ2n) is 8.61. The topological polar surface area (TPSA) is 142 Å². The Kier molecular flexibility index (Phi) is 7.26. The Balaban J connectivity index is 1.24. The van der Waals surface area contributed by atoms with Crippen molar-refractivity contribution in [2.75, 3.05) is 28.1 Å². The molecule has 1 aliphatic rings. The molecule has 4 aromatic rings. The highest BCUT2D eigenvalue weighted by Crippen LogP contribution is 2.37. The molecule has 1 unspecified atom stereocenters. The van der Waals surface area contributed by atoms with Crippen LogP contribution in [0.15, 0.2) is 79.4 Å². The molecule has 0 aliphatic carbocycles. The summed E-state index contributed by atoms with van der Waals surface area (Å²) in [6.45, 7) is 0. The summed E-state index contributed by atoms with van der Waals surface area (Å²) in [6.07, 6.45) is -1.86. The van der Waals surface area contributed by atoms with Crippen LogP contribution in [0.3, 0.4) is 0 Å². The van der Waals surface area contributed by atoms with Crippen LogP contribution >= 0.6 is 0 Å². The van der Waals surface area contributed by atoms with Gasteiger partial charge in [-0.25, -0.2) is 19.6 Å². The summed E-state index contributed by atoms with van der Waals surface area (Å²) in [5.41, 5.74) is 0.561. The molecule has 1 aromatic heterocycles. The Morgan fingerprint density at radius 1 is 1.00 bits per heavy atom. The molecule has 15 heteroatoms. The number of methoxy groups -OCH3 is 1. The van der Waals surface area contributed by atoms with Crippen LogP contribution in [0.2, 0.25) is 0 Å². The number of carbonyl (C=O) groups excluding carboxylic acids is 2. The van der Waals surface area contributed by atoms with Crippen molar-refractivity contribution in [1.29, 1.82) is 0 Å². The molecule has 0 bridgehead atoms. The number of anilines is 4. The van der Waals surface area contributed by atoms with Crippen molar-refractivity contribution in [3.63, 3.8) is 0 Å². The van der Waals surface area contributed by atoms with Gasteiger partial charge in [0.15, 0.2) is 0 Å². The third-order valence-electron chi connectivity index (χ3n) is 5.90. The zero-order chi connectivity index (χ0) is 29.1. The van der Waals surface area contributed by atoms with E-state index >= 15 is 0 Å². The van der Waals surface area contributed by atoms with E-state index in [0.29, 0.717) is 34.2 Å². The Hall–Kier alpha value is -5.44. The molecule has 5 N–H and O–H groups in total. The fourth-order valence-electron chi connectivity index (χ4n) is 3.97. The summed E-state index contributed by atoms with van der Waals surface area (Å²) in [4.78, 5) is 28.0. The van der Waals surface area contributed by atoms with E-state index < -0.39 is 30.2 Å². The first-order valence-corrected chi connectivity index (χ1v) is 11.9. The van der Waals surface area contributed by atoms with Gasteiger partial charge in [0.1, 0.15) is 11.5 Å². The molecule has 41 heavy (non-hydrogen) atoms. The number of carbonyl (C=O) groups is 2. The summed E-state index contributed by atoms with van der Waals surface area (Å²) in [7, 11) is 1.20. The van der Waals surface area contributed by atoms with Gasteiger partial charge in [-0.3, -0.25) is 10.5 Å². The summed E-state index contributed by atoms with van der Waals surface area (Å²) >= 11 is 0. The van der Waals surface area contributed by atoms with Gasteiger partial charge < -0.3 is 30.0 Å². The van der Waals surface area contributed by atoms with Crippen molar-refractivity contribution in [3.05, 3.63) is 84.9 Å². The van der Waals surface area contributed by atoms with E-state index in [0.717, 1.165) is 17.2 Å². The molecule has 2 heterocycles. The molecule has 1 atom stereocenters. The second-order valence-corrected chi connectivity index (χ2v) is 8.61. The molecule has 0 radical (unpaired) electrons. The number of alkyl halides is 3. The highest BCUT2D eigenvalue weighted by Gasteiger charge is 2.32. The fraction of sp³-hybridized carbons (Fsp3) is 0.115. The van der Waals surface area contributed by atoms with Crippen molar-refractivity contribution in [2.45, 2.75) is 12.5 Å². The largest absolute Gasteiger partial charge is 0.457 e. The Morgan fingerprint density at radius 3 is 2.44 bits per heavy atom. The maximum absolute atomic E-state index is 13.3. The van der Waals surface area contributed by atoms with Crippen molar-refractivity contribution in [2.24, 2.45) is 0 Å². The van der Waals surface area contributed by atoms with E-state index in [4.69, 9.17) is 4.74 Å². The normalized spacial score (nSPS) is 14.1. The molecular weight excluding hydrogens is 547 g/mol. The number of alkyl carbamates (subject to hydrolysis) is 1. The molecule has 0 spiro atoms. The summed E-state index contributed by atoms with van der Waals surface area (Å²) < 4.78 is 51.7. The number of amides is 3. The van der Waals surface area contributed by atoms with E-state index in [1.807, 2.05) is 0 Å². The lowest BCUT2D eigenvalue weighted by atomic mass is 10.1. The molecule has 5 rings (SSSR count). The average molecular weight is 570 g/mol. The van der Waals surface area contributed by atoms with Gasteiger partial charge >= 0.3 is 18.3 Å². The van der Waals surface area contributed by atoms with Gasteiger partial charge in [0, 0.05) is 24.1 Å². The van der Waals surface area contributed by atoms with Crippen molar-refractivity contribution in [3.8, 4) is 17.2 Å². The minimum absolute atomic E-state index is 0.0664. The number of rotatable bonds is 6. The first-order chi connectivity index (χ1) is 19.6. The van der Waals surface area contributed by atoms with E-state index in [2.05, 4.69) is 31.0 Å². The SMILES string of the molecule is COC(=O)NC1Nc2ccc(Oc3ccc(NC(=O)Nc4cc(C(F)(F)F)ccc4-n4ccnc4)cc3)cc2N1O. The smallest absolute Gasteiger partial charge is 0.416 e. The number of urea groups is 1. The van der Waals surface area contributed by atoms with Gasteiger partial charge in [0.05, 0.1) is 41.8 Å². The lowest BCUT2D eigenvalue weighted by molar-refractivity contribution is -0.137. The molecule has 1 aliphatic heterocycles.